The first-order chi connectivity index (χ1) is 6.41. The molecule has 0 aromatic heterocycles. The van der Waals surface area contributed by atoms with Gasteiger partial charge in [-0.05, 0) is 0 Å². The van der Waals surface area contributed by atoms with Gasteiger partial charge in [-0.3, -0.25) is 0 Å². The van der Waals surface area contributed by atoms with Crippen LogP contribution >= 0.6 is 0 Å². The second-order valence-corrected chi connectivity index (χ2v) is 2.69. The molecule has 1 aliphatic heterocycles. The van der Waals surface area contributed by atoms with E-state index in [0.717, 1.165) is 39.4 Å². The van der Waals surface area contributed by atoms with Crippen LogP contribution in [0.1, 0.15) is 0 Å². The molecule has 1 saturated heterocycles. The Morgan fingerprint density at radius 3 is 1.46 bits per heavy atom. The van der Waals surface area contributed by atoms with E-state index in [1.165, 1.54) is 0 Å². The van der Waals surface area contributed by atoms with E-state index in [-0.39, 0.29) is 0 Å². The Balaban J connectivity index is 0.000000396. The monoisotopic (exact) mass is 190 g/mol. The quantitative estimate of drug-likeness (QED) is 0.278. The zero-order chi connectivity index (χ0) is 9.78. The first-order valence-corrected chi connectivity index (χ1v) is 4.81. The van der Waals surface area contributed by atoms with Crippen LogP contribution < -0.4 is 22.1 Å². The predicted octanol–water partition coefficient (Wildman–Crippen LogP) is -1.90. The summed E-state index contributed by atoms with van der Waals surface area (Å²) in [4.78, 5) is 0. The molecule has 1 aliphatic rings. The molecule has 0 radical (unpaired) electrons. The van der Waals surface area contributed by atoms with Crippen LogP contribution in [0.15, 0.2) is 0 Å². The van der Waals surface area contributed by atoms with Crippen LogP contribution in [0, 0.1) is 0 Å². The third kappa shape index (κ3) is 18.6. The molecule has 0 aromatic rings. The van der Waals surface area contributed by atoms with Gasteiger partial charge in [0, 0.05) is 39.3 Å². The highest BCUT2D eigenvalue weighted by Crippen LogP contribution is 1.84. The molecule has 1 fully saturated rings. The molecule has 5 heteroatoms. The summed E-state index contributed by atoms with van der Waals surface area (Å²) in [7, 11) is 0. The largest absolute Gasteiger partial charge is 0.377 e. The van der Waals surface area contributed by atoms with Crippen molar-refractivity contribution >= 4 is 0 Å². The van der Waals surface area contributed by atoms with Crippen LogP contribution in [-0.4, -0.2) is 52.5 Å². The number of nitrogens with one attached hydrogen (secondary N) is 2. The van der Waals surface area contributed by atoms with E-state index < -0.39 is 0 Å². The highest BCUT2D eigenvalue weighted by Gasteiger charge is 1.94. The Kier molecular flexibility index (Phi) is 11.6. The molecule has 0 aromatic carbocycles. The second kappa shape index (κ2) is 11.8. The summed E-state index contributed by atoms with van der Waals surface area (Å²) in [6.45, 7) is 7.14. The van der Waals surface area contributed by atoms with Crippen LogP contribution in [0.5, 0.6) is 0 Å². The van der Waals surface area contributed by atoms with Gasteiger partial charge >= 0.3 is 0 Å². The molecule has 1 heterocycles. The maximum absolute atomic E-state index is 5.27. The lowest BCUT2D eigenvalue weighted by Gasteiger charge is -2.03. The first kappa shape index (κ1) is 12.8. The van der Waals surface area contributed by atoms with Crippen molar-refractivity contribution in [3.63, 3.8) is 0 Å². The predicted molar refractivity (Wildman–Crippen MR) is 54.7 cm³/mol. The molecule has 6 N–H and O–H groups in total. The smallest absolute Gasteiger partial charge is 0.0701 e. The Morgan fingerprint density at radius 1 is 0.846 bits per heavy atom. The molecule has 0 saturated carbocycles. The van der Waals surface area contributed by atoms with Crippen molar-refractivity contribution in [1.82, 2.24) is 10.6 Å². The van der Waals surface area contributed by atoms with Crippen LogP contribution in [0.4, 0.5) is 0 Å². The van der Waals surface area contributed by atoms with Crippen LogP contribution in [0.3, 0.4) is 0 Å². The van der Waals surface area contributed by atoms with Gasteiger partial charge in [-0.2, -0.15) is 0 Å². The fraction of sp³-hybridized carbons (Fsp3) is 1.00. The van der Waals surface area contributed by atoms with E-state index in [9.17, 15) is 0 Å². The van der Waals surface area contributed by atoms with Crippen molar-refractivity contribution in [3.8, 4) is 0 Å². The van der Waals surface area contributed by atoms with Gasteiger partial charge in [0.2, 0.25) is 0 Å². The van der Waals surface area contributed by atoms with Crippen molar-refractivity contribution < 1.29 is 4.74 Å². The van der Waals surface area contributed by atoms with E-state index in [4.69, 9.17) is 11.5 Å². The fourth-order valence-corrected chi connectivity index (χ4v) is 0.631. The Morgan fingerprint density at radius 2 is 1.23 bits per heavy atom. The second-order valence-electron chi connectivity index (χ2n) is 2.69. The molecular weight excluding hydrogens is 168 g/mol. The number of epoxide rings is 1. The van der Waals surface area contributed by atoms with Gasteiger partial charge in [0.15, 0.2) is 0 Å². The lowest BCUT2D eigenvalue weighted by molar-refractivity contribution is 0.475. The van der Waals surface area contributed by atoms with Gasteiger partial charge in [0.25, 0.3) is 0 Å². The third-order valence-corrected chi connectivity index (χ3v) is 1.32. The minimum absolute atomic E-state index is 0.705. The number of hydrogen-bond acceptors (Lipinski definition) is 5. The van der Waals surface area contributed by atoms with Crippen molar-refractivity contribution in [2.45, 2.75) is 0 Å². The molecular formula is C8H22N4O. The Hall–Kier alpha value is -0.200. The molecule has 5 nitrogen and oxygen atoms in total. The SMILES string of the molecule is C1CO1.NCCNCCNCCN. The molecule has 0 amide bonds. The molecule has 0 atom stereocenters. The molecule has 0 bridgehead atoms. The lowest BCUT2D eigenvalue weighted by atomic mass is 10.5. The summed E-state index contributed by atoms with van der Waals surface area (Å²) < 4.78 is 4.50. The van der Waals surface area contributed by atoms with E-state index in [0.29, 0.717) is 13.1 Å². The third-order valence-electron chi connectivity index (χ3n) is 1.32. The Bertz CT molecular complexity index is 79.5. The maximum Gasteiger partial charge on any atom is 0.0701 e. The van der Waals surface area contributed by atoms with E-state index in [1.807, 2.05) is 0 Å². The molecule has 0 aliphatic carbocycles. The average Bonchev–Trinajstić information content (AvgIpc) is 2.98. The highest BCUT2D eigenvalue weighted by atomic mass is 16.6. The summed E-state index contributed by atoms with van der Waals surface area (Å²) >= 11 is 0. The summed E-state index contributed by atoms with van der Waals surface area (Å²) in [5.41, 5.74) is 10.5. The minimum atomic E-state index is 0.705. The molecule has 0 spiro atoms. The lowest BCUT2D eigenvalue weighted by Crippen LogP contribution is -2.32. The number of rotatable bonds is 7. The van der Waals surface area contributed by atoms with Gasteiger partial charge in [-0.1, -0.05) is 0 Å². The van der Waals surface area contributed by atoms with Crippen molar-refractivity contribution in [3.05, 3.63) is 0 Å². The molecule has 13 heavy (non-hydrogen) atoms. The van der Waals surface area contributed by atoms with Crippen LogP contribution in [-0.2, 0) is 4.74 Å². The maximum atomic E-state index is 5.27. The number of nitrogens with two attached hydrogens (primary N) is 2. The van der Waals surface area contributed by atoms with Crippen molar-refractivity contribution in [2.24, 2.45) is 11.5 Å². The summed E-state index contributed by atoms with van der Waals surface area (Å²) in [6, 6.07) is 0. The standard InChI is InChI=1S/C6H18N4.C2H4O/c7-1-3-9-5-6-10-4-2-8;1-2-3-1/h9-10H,1-8H2;1-2H2. The average molecular weight is 190 g/mol. The topological polar surface area (TPSA) is 88.6 Å². The fourth-order valence-electron chi connectivity index (χ4n) is 0.631. The molecule has 80 valence electrons. The molecule has 1 rings (SSSR count). The van der Waals surface area contributed by atoms with Crippen LogP contribution in [0.25, 0.3) is 0 Å². The summed E-state index contributed by atoms with van der Waals surface area (Å²) in [6.07, 6.45) is 0. The number of hydrogen-bond donors (Lipinski definition) is 4. The molecule has 0 unspecified atom stereocenters. The first-order valence-electron chi connectivity index (χ1n) is 4.81. The summed E-state index contributed by atoms with van der Waals surface area (Å²) in [5.74, 6) is 0. The van der Waals surface area contributed by atoms with Crippen molar-refractivity contribution in [1.29, 1.82) is 0 Å². The van der Waals surface area contributed by atoms with E-state index in [1.54, 1.807) is 0 Å². The van der Waals surface area contributed by atoms with E-state index >= 15 is 0 Å². The van der Waals surface area contributed by atoms with Gasteiger partial charge in [0.1, 0.15) is 0 Å². The number of ether oxygens (including phenoxy) is 1. The zero-order valence-corrected chi connectivity index (χ0v) is 8.22. The highest BCUT2D eigenvalue weighted by molar-refractivity contribution is 4.51. The zero-order valence-electron chi connectivity index (χ0n) is 8.22. The van der Waals surface area contributed by atoms with E-state index in [2.05, 4.69) is 15.4 Å². The van der Waals surface area contributed by atoms with Crippen molar-refractivity contribution in [2.75, 3.05) is 52.5 Å². The van der Waals surface area contributed by atoms with Gasteiger partial charge in [0.05, 0.1) is 13.2 Å². The Labute approximate surface area is 80.2 Å². The van der Waals surface area contributed by atoms with Crippen LogP contribution in [0.2, 0.25) is 0 Å². The normalized spacial score (nSPS) is 13.4. The van der Waals surface area contributed by atoms with Gasteiger partial charge in [-0.15, -0.1) is 0 Å². The minimum Gasteiger partial charge on any atom is -0.377 e. The summed E-state index contributed by atoms with van der Waals surface area (Å²) in [5, 5.41) is 6.33. The van der Waals surface area contributed by atoms with Gasteiger partial charge < -0.3 is 26.8 Å². The van der Waals surface area contributed by atoms with Gasteiger partial charge in [-0.25, -0.2) is 0 Å².